The molecule has 1 rings (SSSR count). The SMILES string of the molecule is CCN(CC)C(=O)CNc1nc(OC)ncc1Cl. The van der Waals surface area contributed by atoms with Crippen molar-refractivity contribution in [2.24, 2.45) is 0 Å². The summed E-state index contributed by atoms with van der Waals surface area (Å²) in [5, 5.41) is 3.23. The van der Waals surface area contributed by atoms with Crippen LogP contribution in [0.25, 0.3) is 0 Å². The molecule has 1 amide bonds. The van der Waals surface area contributed by atoms with Crippen molar-refractivity contribution >= 4 is 23.3 Å². The number of amides is 1. The van der Waals surface area contributed by atoms with Crippen LogP contribution in [0.15, 0.2) is 6.20 Å². The van der Waals surface area contributed by atoms with E-state index < -0.39 is 0 Å². The van der Waals surface area contributed by atoms with Gasteiger partial charge >= 0.3 is 6.01 Å². The van der Waals surface area contributed by atoms with E-state index in [1.807, 2.05) is 13.8 Å². The maximum absolute atomic E-state index is 11.8. The van der Waals surface area contributed by atoms with Gasteiger partial charge in [0.05, 0.1) is 19.9 Å². The van der Waals surface area contributed by atoms with E-state index in [4.69, 9.17) is 16.3 Å². The first-order valence-corrected chi connectivity index (χ1v) is 6.08. The predicted molar refractivity (Wildman–Crippen MR) is 70.0 cm³/mol. The molecule has 0 aromatic carbocycles. The van der Waals surface area contributed by atoms with Crippen molar-refractivity contribution in [3.05, 3.63) is 11.2 Å². The fraction of sp³-hybridized carbons (Fsp3) is 0.545. The summed E-state index contributed by atoms with van der Waals surface area (Å²) in [7, 11) is 1.47. The monoisotopic (exact) mass is 272 g/mol. The minimum absolute atomic E-state index is 0.00588. The maximum atomic E-state index is 11.8. The molecule has 0 aliphatic rings. The number of hydrogen-bond acceptors (Lipinski definition) is 5. The minimum Gasteiger partial charge on any atom is -0.467 e. The number of aromatic nitrogens is 2. The lowest BCUT2D eigenvalue weighted by molar-refractivity contribution is -0.128. The number of halogens is 1. The zero-order valence-corrected chi connectivity index (χ0v) is 11.5. The molecule has 0 saturated heterocycles. The van der Waals surface area contributed by atoms with E-state index in [0.29, 0.717) is 23.9 Å². The molecule has 0 bridgehead atoms. The molecule has 0 aliphatic carbocycles. The number of nitrogens with zero attached hydrogens (tertiary/aromatic N) is 3. The zero-order chi connectivity index (χ0) is 13.5. The van der Waals surface area contributed by atoms with Crippen LogP contribution in [0.5, 0.6) is 6.01 Å². The number of rotatable bonds is 6. The number of nitrogens with one attached hydrogen (secondary N) is 1. The summed E-state index contributed by atoms with van der Waals surface area (Å²) < 4.78 is 4.89. The third-order valence-corrected chi connectivity index (χ3v) is 2.70. The van der Waals surface area contributed by atoms with Crippen LogP contribution in [0.2, 0.25) is 5.02 Å². The van der Waals surface area contributed by atoms with Crippen molar-refractivity contribution in [3.63, 3.8) is 0 Å². The zero-order valence-electron chi connectivity index (χ0n) is 10.7. The first-order valence-electron chi connectivity index (χ1n) is 5.70. The van der Waals surface area contributed by atoms with Crippen LogP contribution in [0, 0.1) is 0 Å². The van der Waals surface area contributed by atoms with Gasteiger partial charge in [-0.2, -0.15) is 4.98 Å². The molecule has 0 saturated carbocycles. The Morgan fingerprint density at radius 1 is 1.50 bits per heavy atom. The van der Waals surface area contributed by atoms with Crippen molar-refractivity contribution in [1.29, 1.82) is 0 Å². The lowest BCUT2D eigenvalue weighted by atomic mass is 10.4. The van der Waals surface area contributed by atoms with Crippen molar-refractivity contribution in [3.8, 4) is 6.01 Å². The third-order valence-electron chi connectivity index (χ3n) is 2.43. The highest BCUT2D eigenvalue weighted by Gasteiger charge is 2.11. The van der Waals surface area contributed by atoms with Crippen LogP contribution in [-0.4, -0.2) is 47.5 Å². The summed E-state index contributed by atoms with van der Waals surface area (Å²) in [6, 6.07) is 0.206. The normalized spacial score (nSPS) is 10.0. The van der Waals surface area contributed by atoms with Gasteiger partial charge in [-0.25, -0.2) is 4.98 Å². The Bertz CT molecular complexity index is 410. The number of hydrogen-bond donors (Lipinski definition) is 1. The maximum Gasteiger partial charge on any atom is 0.318 e. The molecular formula is C11H17ClN4O2. The summed E-state index contributed by atoms with van der Waals surface area (Å²) >= 11 is 5.92. The van der Waals surface area contributed by atoms with Gasteiger partial charge in [-0.05, 0) is 13.8 Å². The third kappa shape index (κ3) is 3.73. The second-order valence-corrected chi connectivity index (χ2v) is 3.88. The Balaban J connectivity index is 2.65. The summed E-state index contributed by atoms with van der Waals surface area (Å²) in [5.74, 6) is 0.387. The van der Waals surface area contributed by atoms with Crippen LogP contribution in [0.1, 0.15) is 13.8 Å². The quantitative estimate of drug-likeness (QED) is 0.848. The average Bonchev–Trinajstić information content (AvgIpc) is 2.39. The van der Waals surface area contributed by atoms with E-state index in [-0.39, 0.29) is 18.5 Å². The van der Waals surface area contributed by atoms with Crippen molar-refractivity contribution in [2.45, 2.75) is 13.8 Å². The van der Waals surface area contributed by atoms with Crippen LogP contribution in [-0.2, 0) is 4.79 Å². The van der Waals surface area contributed by atoms with Gasteiger partial charge in [-0.3, -0.25) is 4.79 Å². The van der Waals surface area contributed by atoms with Gasteiger partial charge in [0.1, 0.15) is 5.02 Å². The van der Waals surface area contributed by atoms with Crippen LogP contribution >= 0.6 is 11.6 Å². The number of carbonyl (C=O) groups is 1. The Labute approximate surface area is 111 Å². The highest BCUT2D eigenvalue weighted by molar-refractivity contribution is 6.32. The predicted octanol–water partition coefficient (Wildman–Crippen LogP) is 1.42. The Kier molecular flexibility index (Phi) is 5.64. The summed E-state index contributed by atoms with van der Waals surface area (Å²) in [4.78, 5) is 21.4. The van der Waals surface area contributed by atoms with E-state index in [1.165, 1.54) is 13.3 Å². The minimum atomic E-state index is -0.00588. The van der Waals surface area contributed by atoms with Crippen LogP contribution < -0.4 is 10.1 Å². The van der Waals surface area contributed by atoms with Gasteiger partial charge in [0, 0.05) is 13.1 Å². The molecule has 0 unspecified atom stereocenters. The van der Waals surface area contributed by atoms with E-state index in [1.54, 1.807) is 4.90 Å². The van der Waals surface area contributed by atoms with Gasteiger partial charge in [-0.15, -0.1) is 0 Å². The molecule has 1 aromatic heterocycles. The number of carbonyl (C=O) groups excluding carboxylic acids is 1. The molecule has 100 valence electrons. The molecule has 1 N–H and O–H groups in total. The molecule has 0 spiro atoms. The summed E-state index contributed by atoms with van der Waals surface area (Å²) in [5.41, 5.74) is 0. The Morgan fingerprint density at radius 2 is 2.17 bits per heavy atom. The van der Waals surface area contributed by atoms with E-state index in [9.17, 15) is 4.79 Å². The van der Waals surface area contributed by atoms with E-state index >= 15 is 0 Å². The van der Waals surface area contributed by atoms with Crippen LogP contribution in [0.3, 0.4) is 0 Å². The van der Waals surface area contributed by atoms with Crippen molar-refractivity contribution in [2.75, 3.05) is 32.1 Å². The van der Waals surface area contributed by atoms with Gasteiger partial charge in [0.2, 0.25) is 5.91 Å². The van der Waals surface area contributed by atoms with E-state index in [2.05, 4.69) is 15.3 Å². The molecule has 6 nitrogen and oxygen atoms in total. The molecule has 0 radical (unpaired) electrons. The second kappa shape index (κ2) is 7.00. The highest BCUT2D eigenvalue weighted by Crippen LogP contribution is 2.19. The molecule has 7 heteroatoms. The average molecular weight is 273 g/mol. The van der Waals surface area contributed by atoms with Crippen molar-refractivity contribution in [1.82, 2.24) is 14.9 Å². The Morgan fingerprint density at radius 3 is 2.72 bits per heavy atom. The Hall–Kier alpha value is -1.56. The molecule has 0 aliphatic heterocycles. The summed E-state index contributed by atoms with van der Waals surface area (Å²) in [6.45, 7) is 5.36. The molecular weight excluding hydrogens is 256 g/mol. The number of methoxy groups -OCH3 is 1. The molecule has 18 heavy (non-hydrogen) atoms. The fourth-order valence-electron chi connectivity index (χ4n) is 1.42. The van der Waals surface area contributed by atoms with Gasteiger partial charge < -0.3 is 15.0 Å². The van der Waals surface area contributed by atoms with Crippen LogP contribution in [0.4, 0.5) is 5.82 Å². The second-order valence-electron chi connectivity index (χ2n) is 3.47. The molecule has 1 aromatic rings. The van der Waals surface area contributed by atoms with Crippen molar-refractivity contribution < 1.29 is 9.53 Å². The number of ether oxygens (including phenoxy) is 1. The topological polar surface area (TPSA) is 67.4 Å². The van der Waals surface area contributed by atoms with Gasteiger partial charge in [0.25, 0.3) is 0 Å². The van der Waals surface area contributed by atoms with E-state index in [0.717, 1.165) is 0 Å². The lowest BCUT2D eigenvalue weighted by Gasteiger charge is -2.19. The molecule has 0 atom stereocenters. The first-order chi connectivity index (χ1) is 8.62. The fourth-order valence-corrected chi connectivity index (χ4v) is 1.58. The number of likely N-dealkylation sites (N-methyl/N-ethyl adjacent to an activating group) is 1. The first kappa shape index (κ1) is 14.5. The highest BCUT2D eigenvalue weighted by atomic mass is 35.5. The number of anilines is 1. The van der Waals surface area contributed by atoms with Gasteiger partial charge in [-0.1, -0.05) is 11.6 Å². The molecule has 1 heterocycles. The molecule has 0 fully saturated rings. The van der Waals surface area contributed by atoms with Gasteiger partial charge in [0.15, 0.2) is 5.82 Å². The smallest absolute Gasteiger partial charge is 0.318 e. The standard InChI is InChI=1S/C11H17ClN4O2/c1-4-16(5-2)9(17)7-13-10-8(12)6-14-11(15-10)18-3/h6H,4-5,7H2,1-3H3,(H,13,14,15). The largest absolute Gasteiger partial charge is 0.467 e. The summed E-state index contributed by atoms with van der Waals surface area (Å²) in [6.07, 6.45) is 1.43. The lowest BCUT2D eigenvalue weighted by Crippen LogP contribution is -2.35.